The molecular weight excluding hydrogens is 298 g/mol. The summed E-state index contributed by atoms with van der Waals surface area (Å²) in [6.45, 7) is 3.94. The standard InChI is InChI=1S/C13H18BrNOS/c14-10-12-11-16-8-6-15(12)7-9-17-13-4-2-1-3-5-13/h1-5,12H,6-11H2. The van der Waals surface area contributed by atoms with Crippen LogP contribution in [-0.4, -0.2) is 48.3 Å². The first-order chi connectivity index (χ1) is 8.40. The SMILES string of the molecule is BrCC1COCCN1CCSc1ccccc1. The molecule has 1 heterocycles. The summed E-state index contributed by atoms with van der Waals surface area (Å²) in [5.41, 5.74) is 0. The van der Waals surface area contributed by atoms with Crippen LogP contribution in [0.2, 0.25) is 0 Å². The zero-order valence-corrected chi connectivity index (χ0v) is 12.3. The minimum Gasteiger partial charge on any atom is -0.378 e. The second-order valence-electron chi connectivity index (χ2n) is 4.08. The lowest BCUT2D eigenvalue weighted by atomic mass is 10.2. The van der Waals surface area contributed by atoms with Gasteiger partial charge < -0.3 is 4.74 Å². The molecule has 0 radical (unpaired) electrons. The Labute approximate surface area is 116 Å². The highest BCUT2D eigenvalue weighted by atomic mass is 79.9. The van der Waals surface area contributed by atoms with Gasteiger partial charge in [-0.05, 0) is 12.1 Å². The molecule has 0 amide bonds. The first-order valence-corrected chi connectivity index (χ1v) is 8.06. The van der Waals surface area contributed by atoms with Crippen molar-refractivity contribution in [3.8, 4) is 0 Å². The van der Waals surface area contributed by atoms with E-state index in [0.717, 1.165) is 37.4 Å². The highest BCUT2D eigenvalue weighted by molar-refractivity contribution is 9.09. The van der Waals surface area contributed by atoms with E-state index in [1.54, 1.807) is 0 Å². The summed E-state index contributed by atoms with van der Waals surface area (Å²) in [7, 11) is 0. The molecule has 0 aromatic heterocycles. The number of benzene rings is 1. The maximum absolute atomic E-state index is 5.49. The molecule has 1 unspecified atom stereocenters. The van der Waals surface area contributed by atoms with Gasteiger partial charge in [0.1, 0.15) is 0 Å². The Balaban J connectivity index is 1.74. The van der Waals surface area contributed by atoms with Crippen LogP contribution in [0, 0.1) is 0 Å². The van der Waals surface area contributed by atoms with Crippen molar-refractivity contribution in [3.63, 3.8) is 0 Å². The second kappa shape index (κ2) is 7.41. The molecule has 1 aliphatic rings. The highest BCUT2D eigenvalue weighted by Gasteiger charge is 2.21. The fourth-order valence-electron chi connectivity index (χ4n) is 1.92. The maximum Gasteiger partial charge on any atom is 0.0630 e. The van der Waals surface area contributed by atoms with Gasteiger partial charge in [-0.15, -0.1) is 11.8 Å². The normalized spacial score (nSPS) is 21.6. The molecule has 1 atom stereocenters. The molecule has 1 fully saturated rings. The van der Waals surface area contributed by atoms with E-state index in [-0.39, 0.29) is 0 Å². The summed E-state index contributed by atoms with van der Waals surface area (Å²) in [5.74, 6) is 1.15. The quantitative estimate of drug-likeness (QED) is 0.612. The molecule has 0 bridgehead atoms. The molecule has 1 saturated heterocycles. The van der Waals surface area contributed by atoms with Crippen LogP contribution in [0.25, 0.3) is 0 Å². The van der Waals surface area contributed by atoms with Crippen molar-refractivity contribution in [3.05, 3.63) is 30.3 Å². The second-order valence-corrected chi connectivity index (χ2v) is 5.90. The molecule has 1 aliphatic heterocycles. The molecule has 94 valence electrons. The number of hydrogen-bond donors (Lipinski definition) is 0. The third-order valence-electron chi connectivity index (χ3n) is 2.92. The van der Waals surface area contributed by atoms with Gasteiger partial charge in [-0.1, -0.05) is 34.1 Å². The van der Waals surface area contributed by atoms with Crippen LogP contribution in [0.4, 0.5) is 0 Å². The Morgan fingerprint density at radius 1 is 1.35 bits per heavy atom. The summed E-state index contributed by atoms with van der Waals surface area (Å²) in [5, 5.41) is 1.00. The van der Waals surface area contributed by atoms with E-state index < -0.39 is 0 Å². The number of ether oxygens (including phenoxy) is 1. The monoisotopic (exact) mass is 315 g/mol. The van der Waals surface area contributed by atoms with Crippen LogP contribution in [0.3, 0.4) is 0 Å². The molecule has 0 aliphatic carbocycles. The van der Waals surface area contributed by atoms with Gasteiger partial charge in [0, 0.05) is 35.1 Å². The van der Waals surface area contributed by atoms with E-state index in [2.05, 4.69) is 51.2 Å². The topological polar surface area (TPSA) is 12.5 Å². The number of halogens is 1. The maximum atomic E-state index is 5.49. The summed E-state index contributed by atoms with van der Waals surface area (Å²) in [6, 6.07) is 11.1. The first-order valence-electron chi connectivity index (χ1n) is 5.96. The fourth-order valence-corrected chi connectivity index (χ4v) is 3.43. The summed E-state index contributed by atoms with van der Waals surface area (Å²) >= 11 is 5.49. The van der Waals surface area contributed by atoms with Gasteiger partial charge in [0.15, 0.2) is 0 Å². The van der Waals surface area contributed by atoms with Gasteiger partial charge in [-0.25, -0.2) is 0 Å². The Hall–Kier alpha value is -0.0300. The number of rotatable bonds is 5. The van der Waals surface area contributed by atoms with Crippen molar-refractivity contribution >= 4 is 27.7 Å². The summed E-state index contributed by atoms with van der Waals surface area (Å²) < 4.78 is 5.49. The molecular formula is C13H18BrNOS. The van der Waals surface area contributed by atoms with E-state index in [0.29, 0.717) is 6.04 Å². The van der Waals surface area contributed by atoms with Crippen molar-refractivity contribution in [2.24, 2.45) is 0 Å². The Bertz CT molecular complexity index is 322. The van der Waals surface area contributed by atoms with Crippen LogP contribution in [0.1, 0.15) is 0 Å². The molecule has 2 nitrogen and oxygen atoms in total. The molecule has 0 N–H and O–H groups in total. The van der Waals surface area contributed by atoms with Crippen LogP contribution < -0.4 is 0 Å². The average molecular weight is 316 g/mol. The third-order valence-corrected chi connectivity index (χ3v) is 4.66. The highest BCUT2D eigenvalue weighted by Crippen LogP contribution is 2.18. The Morgan fingerprint density at radius 3 is 2.94 bits per heavy atom. The van der Waals surface area contributed by atoms with Gasteiger partial charge in [0.2, 0.25) is 0 Å². The molecule has 17 heavy (non-hydrogen) atoms. The van der Waals surface area contributed by atoms with Gasteiger partial charge in [-0.2, -0.15) is 0 Å². The largest absolute Gasteiger partial charge is 0.378 e. The molecule has 0 saturated carbocycles. The van der Waals surface area contributed by atoms with Crippen molar-refractivity contribution in [1.82, 2.24) is 4.90 Å². The molecule has 2 rings (SSSR count). The summed E-state index contributed by atoms with van der Waals surface area (Å²) in [4.78, 5) is 3.88. The van der Waals surface area contributed by atoms with Gasteiger partial charge in [-0.3, -0.25) is 4.90 Å². The fraction of sp³-hybridized carbons (Fsp3) is 0.538. The predicted octanol–water partition coefficient (Wildman–Crippen LogP) is 2.87. The lowest BCUT2D eigenvalue weighted by molar-refractivity contribution is 0.00521. The Morgan fingerprint density at radius 2 is 2.18 bits per heavy atom. The predicted molar refractivity (Wildman–Crippen MR) is 77.1 cm³/mol. The lowest BCUT2D eigenvalue weighted by Gasteiger charge is -2.34. The smallest absolute Gasteiger partial charge is 0.0630 e. The lowest BCUT2D eigenvalue weighted by Crippen LogP contribution is -2.47. The number of morpholine rings is 1. The van der Waals surface area contributed by atoms with Crippen molar-refractivity contribution in [1.29, 1.82) is 0 Å². The molecule has 0 spiro atoms. The molecule has 1 aromatic rings. The zero-order valence-electron chi connectivity index (χ0n) is 9.85. The van der Waals surface area contributed by atoms with E-state index >= 15 is 0 Å². The van der Waals surface area contributed by atoms with Crippen molar-refractivity contribution in [2.45, 2.75) is 10.9 Å². The van der Waals surface area contributed by atoms with E-state index in [1.807, 2.05) is 11.8 Å². The van der Waals surface area contributed by atoms with Crippen LogP contribution in [0.15, 0.2) is 35.2 Å². The van der Waals surface area contributed by atoms with Crippen LogP contribution >= 0.6 is 27.7 Å². The zero-order chi connectivity index (χ0) is 11.9. The number of nitrogens with zero attached hydrogens (tertiary/aromatic N) is 1. The van der Waals surface area contributed by atoms with Crippen molar-refractivity contribution in [2.75, 3.05) is 37.4 Å². The number of alkyl halides is 1. The minimum absolute atomic E-state index is 0.542. The molecule has 1 aromatic carbocycles. The number of thioether (sulfide) groups is 1. The van der Waals surface area contributed by atoms with E-state index in [9.17, 15) is 0 Å². The molecule has 4 heteroatoms. The Kier molecular flexibility index (Phi) is 5.85. The first kappa shape index (κ1) is 13.4. The van der Waals surface area contributed by atoms with Gasteiger partial charge in [0.25, 0.3) is 0 Å². The van der Waals surface area contributed by atoms with Crippen molar-refractivity contribution < 1.29 is 4.74 Å². The van der Waals surface area contributed by atoms with Gasteiger partial charge in [0.05, 0.1) is 13.2 Å². The van der Waals surface area contributed by atoms with Crippen LogP contribution in [0.5, 0.6) is 0 Å². The van der Waals surface area contributed by atoms with Crippen LogP contribution in [-0.2, 0) is 4.74 Å². The minimum atomic E-state index is 0.542. The summed E-state index contributed by atoms with van der Waals surface area (Å²) in [6.07, 6.45) is 0. The average Bonchev–Trinajstić information content (AvgIpc) is 2.40. The van der Waals surface area contributed by atoms with E-state index in [1.165, 1.54) is 4.90 Å². The third kappa shape index (κ3) is 4.28. The van der Waals surface area contributed by atoms with E-state index in [4.69, 9.17) is 4.74 Å². The van der Waals surface area contributed by atoms with Gasteiger partial charge >= 0.3 is 0 Å². The number of hydrogen-bond acceptors (Lipinski definition) is 3.